The molecule has 4 bridgehead atoms. The topological polar surface area (TPSA) is 198 Å². The summed E-state index contributed by atoms with van der Waals surface area (Å²) in [5.74, 6) is -4.64. The molecule has 346 valence electrons. The highest BCUT2D eigenvalue weighted by molar-refractivity contribution is 6.12. The zero-order valence-corrected chi connectivity index (χ0v) is 37.9. The first-order chi connectivity index (χ1) is 31.9. The first kappa shape index (κ1) is 47.5. The van der Waals surface area contributed by atoms with E-state index in [0.717, 1.165) is 37.0 Å². The van der Waals surface area contributed by atoms with Crippen molar-refractivity contribution in [2.45, 2.75) is 75.9 Å². The summed E-state index contributed by atoms with van der Waals surface area (Å²) in [6.07, 6.45) is 6.27. The van der Waals surface area contributed by atoms with Crippen molar-refractivity contribution in [1.29, 1.82) is 0 Å². The average molecular weight is 909 g/mol. The van der Waals surface area contributed by atoms with Crippen molar-refractivity contribution >= 4 is 52.9 Å². The van der Waals surface area contributed by atoms with Crippen LogP contribution in [-0.4, -0.2) is 78.7 Å². The Balaban J connectivity index is 1.10. The van der Waals surface area contributed by atoms with Crippen LogP contribution in [0.5, 0.6) is 0 Å². The van der Waals surface area contributed by atoms with Crippen LogP contribution in [-0.2, 0) is 34.0 Å². The van der Waals surface area contributed by atoms with E-state index in [0.29, 0.717) is 36.0 Å². The van der Waals surface area contributed by atoms with E-state index in [1.807, 2.05) is 32.9 Å². The fourth-order valence-electron chi connectivity index (χ4n) is 9.87. The molecule has 0 radical (unpaired) electrons. The van der Waals surface area contributed by atoms with Gasteiger partial charge in [-0.2, -0.15) is 0 Å². The Hall–Kier alpha value is -7.48. The summed E-state index contributed by atoms with van der Waals surface area (Å²) in [7, 11) is 1.40. The Morgan fingerprint density at radius 1 is 0.612 bits per heavy atom. The highest BCUT2D eigenvalue weighted by Crippen LogP contribution is 2.60. The second-order valence-electron chi connectivity index (χ2n) is 18.2. The molecule has 2 unspecified atom stereocenters. The van der Waals surface area contributed by atoms with Crippen molar-refractivity contribution in [3.8, 4) is 0 Å². The molecule has 2 N–H and O–H groups in total. The van der Waals surface area contributed by atoms with E-state index in [4.69, 9.17) is 18.9 Å². The van der Waals surface area contributed by atoms with E-state index < -0.39 is 71.1 Å². The fourth-order valence-corrected chi connectivity index (χ4v) is 9.87. The Morgan fingerprint density at radius 2 is 1.04 bits per heavy atom. The summed E-state index contributed by atoms with van der Waals surface area (Å²) in [4.78, 5) is 104. The van der Waals surface area contributed by atoms with Crippen LogP contribution >= 0.6 is 0 Å². The smallest absolute Gasteiger partial charge is 0.339 e. The van der Waals surface area contributed by atoms with Crippen LogP contribution in [0.15, 0.2) is 110 Å². The number of aryl methyl sites for hydroxylation is 1. The number of ether oxygens (including phenoxy) is 4. The Bertz CT molecular complexity index is 2680. The highest BCUT2D eigenvalue weighted by atomic mass is 16.6. The Kier molecular flexibility index (Phi) is 13.6. The molecule has 0 spiro atoms. The second-order valence-corrected chi connectivity index (χ2v) is 18.2. The van der Waals surface area contributed by atoms with E-state index in [1.54, 1.807) is 24.3 Å². The summed E-state index contributed by atoms with van der Waals surface area (Å²) in [5.41, 5.74) is 0.269. The number of benzene rings is 4. The van der Waals surface area contributed by atoms with E-state index in [1.165, 1.54) is 55.6 Å². The number of esters is 4. The molecule has 2 amide bonds. The molecule has 14 nitrogen and oxygen atoms in total. The maximum atomic E-state index is 14.2. The monoisotopic (exact) mass is 908 g/mol. The third kappa shape index (κ3) is 10.3. The minimum atomic E-state index is -0.971. The van der Waals surface area contributed by atoms with Gasteiger partial charge in [-0.1, -0.05) is 56.8 Å². The third-order valence-corrected chi connectivity index (χ3v) is 13.0. The van der Waals surface area contributed by atoms with Gasteiger partial charge in [0, 0.05) is 24.6 Å². The van der Waals surface area contributed by atoms with Crippen LogP contribution in [0.1, 0.15) is 131 Å². The number of anilines is 1. The summed E-state index contributed by atoms with van der Waals surface area (Å²) < 4.78 is 22.9. The van der Waals surface area contributed by atoms with E-state index in [9.17, 15) is 38.4 Å². The van der Waals surface area contributed by atoms with Gasteiger partial charge in [0.15, 0.2) is 24.8 Å². The highest BCUT2D eigenvalue weighted by Gasteiger charge is 2.61. The van der Waals surface area contributed by atoms with Gasteiger partial charge in [0.25, 0.3) is 11.8 Å². The molecule has 0 heterocycles. The molecule has 0 aliphatic heterocycles. The van der Waals surface area contributed by atoms with Crippen molar-refractivity contribution in [3.63, 3.8) is 0 Å². The van der Waals surface area contributed by atoms with Gasteiger partial charge in [-0.25, -0.2) is 19.2 Å². The molecule has 4 aromatic carbocycles. The van der Waals surface area contributed by atoms with Crippen LogP contribution in [0.2, 0.25) is 0 Å². The van der Waals surface area contributed by atoms with Crippen LogP contribution in [0.25, 0.3) is 0 Å². The lowest BCUT2D eigenvalue weighted by molar-refractivity contribution is -0.200. The summed E-state index contributed by atoms with van der Waals surface area (Å²) >= 11 is 0. The maximum Gasteiger partial charge on any atom is 0.339 e. The first-order valence-electron chi connectivity index (χ1n) is 22.0. The lowest BCUT2D eigenvalue weighted by atomic mass is 9.52. The molecular weight excluding hydrogens is 857 g/mol. The number of hydrogen-bond donors (Lipinski definition) is 2. The van der Waals surface area contributed by atoms with E-state index in [2.05, 4.69) is 23.8 Å². The first-order valence-corrected chi connectivity index (χ1v) is 22.0. The zero-order chi connectivity index (χ0) is 48.3. The summed E-state index contributed by atoms with van der Waals surface area (Å²) in [6.45, 7) is 11.2. The van der Waals surface area contributed by atoms with Gasteiger partial charge >= 0.3 is 23.9 Å². The van der Waals surface area contributed by atoms with E-state index >= 15 is 0 Å². The molecule has 0 saturated heterocycles. The summed E-state index contributed by atoms with van der Waals surface area (Å²) in [6, 6.07) is 22.4. The number of nitrogens with one attached hydrogen (secondary N) is 2. The van der Waals surface area contributed by atoms with Crippen LogP contribution < -0.4 is 10.6 Å². The van der Waals surface area contributed by atoms with Crippen molar-refractivity contribution in [1.82, 2.24) is 5.32 Å². The van der Waals surface area contributed by atoms with Gasteiger partial charge in [0.05, 0.1) is 33.4 Å². The lowest BCUT2D eigenvalue weighted by Crippen LogP contribution is -2.61. The molecule has 4 aliphatic rings. The number of carbonyl (C=O) groups is 8. The molecule has 4 saturated carbocycles. The van der Waals surface area contributed by atoms with Gasteiger partial charge in [-0.3, -0.25) is 19.2 Å². The van der Waals surface area contributed by atoms with Gasteiger partial charge in [-0.05, 0) is 135 Å². The lowest BCUT2D eigenvalue weighted by Gasteiger charge is -2.60. The second kappa shape index (κ2) is 19.2. The molecule has 0 aromatic heterocycles. The Labute approximate surface area is 388 Å². The number of hydrogen-bond acceptors (Lipinski definition) is 12. The molecule has 4 aliphatic carbocycles. The molecule has 4 fully saturated rings. The Morgan fingerprint density at radius 3 is 1.48 bits per heavy atom. The molecule has 67 heavy (non-hydrogen) atoms. The summed E-state index contributed by atoms with van der Waals surface area (Å²) in [5, 5.41) is 5.30. The fraction of sp³-hybridized carbons (Fsp3) is 0.321. The van der Waals surface area contributed by atoms with Crippen LogP contribution in [0.3, 0.4) is 0 Å². The zero-order valence-electron chi connectivity index (χ0n) is 37.9. The largest absolute Gasteiger partial charge is 0.455 e. The third-order valence-electron chi connectivity index (χ3n) is 13.0. The average Bonchev–Trinajstić information content (AvgIpc) is 3.31. The van der Waals surface area contributed by atoms with Crippen molar-refractivity contribution in [3.05, 3.63) is 160 Å². The predicted octanol–water partition coefficient (Wildman–Crippen LogP) is 7.86. The van der Waals surface area contributed by atoms with Crippen molar-refractivity contribution < 1.29 is 57.3 Å². The van der Waals surface area contributed by atoms with Crippen LogP contribution in [0, 0.1) is 18.8 Å². The molecule has 2 atom stereocenters. The molecule has 4 aromatic rings. The quantitative estimate of drug-likeness (QED) is 0.0592. The molecular formula is C53H52N2O12. The van der Waals surface area contributed by atoms with Gasteiger partial charge in [-0.15, -0.1) is 0 Å². The maximum absolute atomic E-state index is 14.2. The molecule has 14 heteroatoms. The van der Waals surface area contributed by atoms with Crippen molar-refractivity contribution in [2.75, 3.05) is 25.6 Å². The van der Waals surface area contributed by atoms with Crippen LogP contribution in [0.4, 0.5) is 5.69 Å². The standard InChI is InChI=1S/C53H52N2O12/c1-7-39(56)28-64-49(62)41-19-15-36(22-43(41)45(58)54-6)51(4,5)37-16-20-42(50(63)65-29-40(57)8-2)44(23-37)46(59)55-38-17-13-35(14-18-38)48(61)67-53-26-32-21-33(27-53)25-52(24-32,30-53)66-47(60)34-11-9-31(3)10-12-34/h7-20,22-23,32-33H,1-2,21,24-30H2,3-6H3,(H,54,58)(H,55,59). The van der Waals surface area contributed by atoms with Gasteiger partial charge in [0.1, 0.15) is 11.2 Å². The van der Waals surface area contributed by atoms with Crippen molar-refractivity contribution in [2.24, 2.45) is 11.8 Å². The van der Waals surface area contributed by atoms with Gasteiger partial charge in [0.2, 0.25) is 0 Å². The number of carbonyl (C=O) groups excluding carboxylic acids is 8. The predicted molar refractivity (Wildman–Crippen MR) is 246 cm³/mol. The minimum Gasteiger partial charge on any atom is -0.455 e. The normalized spacial score (nSPS) is 20.1. The van der Waals surface area contributed by atoms with Gasteiger partial charge < -0.3 is 29.6 Å². The molecule has 8 rings (SSSR count). The SMILES string of the molecule is C=CC(=O)COC(=O)c1ccc(C(C)(C)c2ccc(C(=O)OCC(=O)C=C)c(C(=O)Nc3ccc(C(=O)OC45CC6CC(CC(OC(=O)c7ccc(C)cc7)(C6)C4)C5)cc3)c2)cc1C(=O)NC. The number of amides is 2. The van der Waals surface area contributed by atoms with E-state index in [-0.39, 0.29) is 51.3 Å². The number of ketones is 2. The number of rotatable bonds is 17. The minimum absolute atomic E-state index is 0.0252.